The van der Waals surface area contributed by atoms with Crippen molar-refractivity contribution in [3.63, 3.8) is 0 Å². The van der Waals surface area contributed by atoms with Crippen molar-refractivity contribution in [3.8, 4) is 28.1 Å². The van der Waals surface area contributed by atoms with Gasteiger partial charge in [0.15, 0.2) is 0 Å². The van der Waals surface area contributed by atoms with Crippen LogP contribution < -0.4 is 5.73 Å². The van der Waals surface area contributed by atoms with Gasteiger partial charge in [-0.2, -0.15) is 0 Å². The average Bonchev–Trinajstić information content (AvgIpc) is 3.13. The summed E-state index contributed by atoms with van der Waals surface area (Å²) in [6.45, 7) is 0. The van der Waals surface area contributed by atoms with E-state index in [1.165, 1.54) is 11.1 Å². The summed E-state index contributed by atoms with van der Waals surface area (Å²) in [5, 5.41) is 8.26. The third-order valence-corrected chi connectivity index (χ3v) is 3.97. The second-order valence-corrected chi connectivity index (χ2v) is 5.57. The third-order valence-electron chi connectivity index (χ3n) is 3.97. The monoisotopic (exact) mass is 312 g/mol. The Morgan fingerprint density at radius 3 is 2.00 bits per heavy atom. The minimum absolute atomic E-state index is 0.729. The molecule has 0 aliphatic heterocycles. The van der Waals surface area contributed by atoms with E-state index in [2.05, 4.69) is 46.7 Å². The van der Waals surface area contributed by atoms with Crippen molar-refractivity contribution >= 4 is 5.69 Å². The van der Waals surface area contributed by atoms with E-state index in [4.69, 9.17) is 5.73 Å². The highest BCUT2D eigenvalue weighted by atomic mass is 15.4. The van der Waals surface area contributed by atoms with Gasteiger partial charge in [0.2, 0.25) is 0 Å². The van der Waals surface area contributed by atoms with Crippen LogP contribution in [0.2, 0.25) is 0 Å². The highest BCUT2D eigenvalue weighted by molar-refractivity contribution is 5.69. The van der Waals surface area contributed by atoms with Crippen molar-refractivity contribution < 1.29 is 0 Å². The van der Waals surface area contributed by atoms with Gasteiger partial charge in [-0.05, 0) is 35.4 Å². The standard InChI is InChI=1S/C20H16N4/c21-18-10-12-19(13-11-18)24-20(14-22-23-24)17-8-6-16(7-9-17)15-4-2-1-3-5-15/h1-14H,21H2. The van der Waals surface area contributed by atoms with Crippen molar-refractivity contribution in [3.05, 3.63) is 85.1 Å². The van der Waals surface area contributed by atoms with Crippen molar-refractivity contribution in [1.82, 2.24) is 15.0 Å². The van der Waals surface area contributed by atoms with E-state index in [1.807, 2.05) is 47.1 Å². The molecule has 0 saturated carbocycles. The number of hydrogen-bond acceptors (Lipinski definition) is 3. The highest BCUT2D eigenvalue weighted by Crippen LogP contribution is 2.25. The quantitative estimate of drug-likeness (QED) is 0.577. The topological polar surface area (TPSA) is 56.7 Å². The molecular formula is C20H16N4. The van der Waals surface area contributed by atoms with Crippen LogP contribution in [0.25, 0.3) is 28.1 Å². The Morgan fingerprint density at radius 1 is 0.667 bits per heavy atom. The Hall–Kier alpha value is -3.40. The van der Waals surface area contributed by atoms with Crippen LogP contribution in [0.5, 0.6) is 0 Å². The molecule has 0 atom stereocenters. The van der Waals surface area contributed by atoms with E-state index in [0.717, 1.165) is 22.6 Å². The summed E-state index contributed by atoms with van der Waals surface area (Å²) in [6, 6.07) is 26.3. The smallest absolute Gasteiger partial charge is 0.0944 e. The molecule has 0 unspecified atom stereocenters. The molecule has 0 radical (unpaired) electrons. The predicted molar refractivity (Wildman–Crippen MR) is 96.6 cm³/mol. The van der Waals surface area contributed by atoms with E-state index in [0.29, 0.717) is 0 Å². The molecule has 24 heavy (non-hydrogen) atoms. The summed E-state index contributed by atoms with van der Waals surface area (Å²) in [6.07, 6.45) is 1.77. The molecule has 4 aromatic rings. The first-order chi connectivity index (χ1) is 11.8. The predicted octanol–water partition coefficient (Wildman–Crippen LogP) is 4.18. The maximum atomic E-state index is 5.76. The molecule has 4 rings (SSSR count). The minimum atomic E-state index is 0.729. The maximum absolute atomic E-state index is 5.76. The van der Waals surface area contributed by atoms with E-state index >= 15 is 0 Å². The molecule has 0 aliphatic rings. The van der Waals surface area contributed by atoms with Crippen LogP contribution in [-0.2, 0) is 0 Å². The van der Waals surface area contributed by atoms with Gasteiger partial charge in [0.25, 0.3) is 0 Å². The number of anilines is 1. The number of benzene rings is 3. The molecule has 0 aliphatic carbocycles. The summed E-state index contributed by atoms with van der Waals surface area (Å²) >= 11 is 0. The Bertz CT molecular complexity index is 939. The molecule has 0 spiro atoms. The first-order valence-electron chi connectivity index (χ1n) is 7.74. The van der Waals surface area contributed by atoms with Crippen molar-refractivity contribution in [1.29, 1.82) is 0 Å². The molecular weight excluding hydrogens is 296 g/mol. The van der Waals surface area contributed by atoms with Crippen LogP contribution >= 0.6 is 0 Å². The third kappa shape index (κ3) is 2.65. The van der Waals surface area contributed by atoms with Gasteiger partial charge >= 0.3 is 0 Å². The van der Waals surface area contributed by atoms with Crippen LogP contribution in [0.3, 0.4) is 0 Å². The Morgan fingerprint density at radius 2 is 1.29 bits per heavy atom. The maximum Gasteiger partial charge on any atom is 0.0944 e. The lowest BCUT2D eigenvalue weighted by Gasteiger charge is -2.08. The molecule has 0 fully saturated rings. The summed E-state index contributed by atoms with van der Waals surface area (Å²) in [4.78, 5) is 0. The molecule has 0 saturated heterocycles. The van der Waals surface area contributed by atoms with Crippen molar-refractivity contribution in [2.24, 2.45) is 0 Å². The summed E-state index contributed by atoms with van der Waals surface area (Å²) in [5.74, 6) is 0. The first kappa shape index (κ1) is 14.2. The van der Waals surface area contributed by atoms with Gasteiger partial charge in [0.05, 0.1) is 17.6 Å². The Kier molecular flexibility index (Phi) is 3.56. The van der Waals surface area contributed by atoms with Gasteiger partial charge in [0.1, 0.15) is 0 Å². The van der Waals surface area contributed by atoms with Gasteiger partial charge in [-0.1, -0.05) is 59.8 Å². The Balaban J connectivity index is 1.70. The second-order valence-electron chi connectivity index (χ2n) is 5.57. The lowest BCUT2D eigenvalue weighted by Crippen LogP contribution is -1.99. The van der Waals surface area contributed by atoms with Gasteiger partial charge in [-0.15, -0.1) is 5.10 Å². The van der Waals surface area contributed by atoms with Crippen LogP contribution in [0.1, 0.15) is 0 Å². The largest absolute Gasteiger partial charge is 0.399 e. The normalized spacial score (nSPS) is 10.7. The van der Waals surface area contributed by atoms with Gasteiger partial charge in [0, 0.05) is 11.3 Å². The van der Waals surface area contributed by atoms with Gasteiger partial charge < -0.3 is 5.73 Å². The van der Waals surface area contributed by atoms with E-state index < -0.39 is 0 Å². The van der Waals surface area contributed by atoms with Crippen molar-refractivity contribution in [2.75, 3.05) is 5.73 Å². The fourth-order valence-corrected chi connectivity index (χ4v) is 2.70. The second kappa shape index (κ2) is 6.01. The fourth-order valence-electron chi connectivity index (χ4n) is 2.70. The molecule has 116 valence electrons. The van der Waals surface area contributed by atoms with Crippen molar-refractivity contribution in [2.45, 2.75) is 0 Å². The van der Waals surface area contributed by atoms with Crippen LogP contribution in [0, 0.1) is 0 Å². The Labute approximate surface area is 140 Å². The number of hydrogen-bond donors (Lipinski definition) is 1. The van der Waals surface area contributed by atoms with E-state index in [9.17, 15) is 0 Å². The molecule has 3 aromatic carbocycles. The summed E-state index contributed by atoms with van der Waals surface area (Å²) < 4.78 is 1.82. The van der Waals surface area contributed by atoms with E-state index in [1.54, 1.807) is 6.20 Å². The summed E-state index contributed by atoms with van der Waals surface area (Å²) in [7, 11) is 0. The molecule has 4 heteroatoms. The lowest BCUT2D eigenvalue weighted by molar-refractivity contribution is 0.808. The lowest BCUT2D eigenvalue weighted by atomic mass is 10.0. The van der Waals surface area contributed by atoms with Crippen LogP contribution in [0.4, 0.5) is 5.69 Å². The minimum Gasteiger partial charge on any atom is -0.399 e. The van der Waals surface area contributed by atoms with E-state index in [-0.39, 0.29) is 0 Å². The molecule has 1 heterocycles. The van der Waals surface area contributed by atoms with Crippen LogP contribution in [-0.4, -0.2) is 15.0 Å². The molecule has 4 nitrogen and oxygen atoms in total. The first-order valence-corrected chi connectivity index (χ1v) is 7.74. The molecule has 0 bridgehead atoms. The zero-order chi connectivity index (χ0) is 16.4. The van der Waals surface area contributed by atoms with Gasteiger partial charge in [-0.3, -0.25) is 0 Å². The number of rotatable bonds is 3. The number of aromatic nitrogens is 3. The van der Waals surface area contributed by atoms with Gasteiger partial charge in [-0.25, -0.2) is 4.68 Å². The zero-order valence-electron chi connectivity index (χ0n) is 13.0. The van der Waals surface area contributed by atoms with Crippen LogP contribution in [0.15, 0.2) is 85.1 Å². The highest BCUT2D eigenvalue weighted by Gasteiger charge is 2.09. The molecule has 0 amide bonds. The fraction of sp³-hybridized carbons (Fsp3) is 0. The average molecular weight is 312 g/mol. The summed E-state index contributed by atoms with van der Waals surface area (Å²) in [5.41, 5.74) is 11.8. The number of nitrogen functional groups attached to an aromatic ring is 1. The molecule has 1 aromatic heterocycles. The SMILES string of the molecule is Nc1ccc(-n2nncc2-c2ccc(-c3ccccc3)cc2)cc1. The molecule has 2 N–H and O–H groups in total. The zero-order valence-corrected chi connectivity index (χ0v) is 13.0. The number of nitrogens with two attached hydrogens (primary N) is 1. The number of nitrogens with zero attached hydrogens (tertiary/aromatic N) is 3.